The number of halogens is 1. The van der Waals surface area contributed by atoms with Crippen LogP contribution in [0, 0.1) is 5.82 Å². The molecule has 92 valence electrons. The average molecular weight is 239 g/mol. The number of rotatable bonds is 3. The molecule has 0 aromatic heterocycles. The molecule has 0 amide bonds. The maximum Gasteiger partial charge on any atom is 0.331 e. The van der Waals surface area contributed by atoms with Crippen LogP contribution in [0.3, 0.4) is 0 Å². The number of benzene rings is 1. The summed E-state index contributed by atoms with van der Waals surface area (Å²) in [6.07, 6.45) is 1.15. The van der Waals surface area contributed by atoms with Crippen molar-refractivity contribution in [3.63, 3.8) is 0 Å². The van der Waals surface area contributed by atoms with Crippen molar-refractivity contribution < 1.29 is 19.0 Å². The van der Waals surface area contributed by atoms with Crippen molar-refractivity contribution in [2.75, 3.05) is 18.5 Å². The summed E-state index contributed by atoms with van der Waals surface area (Å²) in [6, 6.07) is 5.77. The van der Waals surface area contributed by atoms with Crippen molar-refractivity contribution in [3.8, 4) is 0 Å². The second kappa shape index (κ2) is 4.71. The summed E-state index contributed by atoms with van der Waals surface area (Å²) in [5, 5.41) is 12.2. The van der Waals surface area contributed by atoms with Crippen LogP contribution in [-0.2, 0) is 9.53 Å². The molecule has 1 aromatic carbocycles. The molecule has 4 nitrogen and oxygen atoms in total. The first-order valence-corrected chi connectivity index (χ1v) is 5.47. The molecule has 17 heavy (non-hydrogen) atoms. The van der Waals surface area contributed by atoms with Gasteiger partial charge in [-0.1, -0.05) is 6.07 Å². The van der Waals surface area contributed by atoms with Crippen molar-refractivity contribution >= 4 is 11.7 Å². The van der Waals surface area contributed by atoms with Crippen LogP contribution in [0.2, 0.25) is 0 Å². The number of anilines is 1. The van der Waals surface area contributed by atoms with Crippen LogP contribution < -0.4 is 5.32 Å². The van der Waals surface area contributed by atoms with E-state index in [0.717, 1.165) is 0 Å². The second-order valence-electron chi connectivity index (χ2n) is 4.18. The third kappa shape index (κ3) is 2.55. The number of hydrogen-bond donors (Lipinski definition) is 2. The number of aliphatic carboxylic acids is 1. The fraction of sp³-hybridized carbons (Fsp3) is 0.417. The fourth-order valence-corrected chi connectivity index (χ4v) is 1.96. The van der Waals surface area contributed by atoms with Crippen LogP contribution >= 0.6 is 0 Å². The molecule has 1 heterocycles. The second-order valence-corrected chi connectivity index (χ2v) is 4.18. The van der Waals surface area contributed by atoms with E-state index < -0.39 is 17.3 Å². The van der Waals surface area contributed by atoms with Crippen LogP contribution in [0.5, 0.6) is 0 Å². The highest BCUT2D eigenvalue weighted by molar-refractivity contribution is 5.83. The molecular weight excluding hydrogens is 225 g/mol. The van der Waals surface area contributed by atoms with E-state index in [2.05, 4.69) is 5.32 Å². The van der Waals surface area contributed by atoms with Crippen molar-refractivity contribution in [2.24, 2.45) is 0 Å². The normalized spacial score (nSPS) is 24.3. The van der Waals surface area contributed by atoms with E-state index >= 15 is 0 Å². The zero-order valence-electron chi connectivity index (χ0n) is 9.28. The van der Waals surface area contributed by atoms with Gasteiger partial charge in [0, 0.05) is 12.3 Å². The smallest absolute Gasteiger partial charge is 0.331 e. The SMILES string of the molecule is O=C(O)C1(Nc2cccc(F)c2)CCCOC1. The Bertz CT molecular complexity index is 416. The minimum absolute atomic E-state index is 0.0961. The van der Waals surface area contributed by atoms with E-state index in [9.17, 15) is 14.3 Å². The van der Waals surface area contributed by atoms with Gasteiger partial charge in [0.15, 0.2) is 5.54 Å². The number of nitrogens with one attached hydrogen (secondary N) is 1. The first-order chi connectivity index (χ1) is 8.12. The van der Waals surface area contributed by atoms with E-state index in [0.29, 0.717) is 25.1 Å². The Kier molecular flexibility index (Phi) is 3.28. The maximum atomic E-state index is 13.0. The van der Waals surface area contributed by atoms with Gasteiger partial charge in [-0.3, -0.25) is 0 Å². The molecular formula is C12H14FNO3. The summed E-state index contributed by atoms with van der Waals surface area (Å²) in [5.41, 5.74) is -0.690. The van der Waals surface area contributed by atoms with Crippen molar-refractivity contribution in [2.45, 2.75) is 18.4 Å². The lowest BCUT2D eigenvalue weighted by molar-refractivity contribution is -0.146. The molecule has 1 aliphatic rings. The fourth-order valence-electron chi connectivity index (χ4n) is 1.96. The topological polar surface area (TPSA) is 58.6 Å². The molecule has 1 unspecified atom stereocenters. The molecule has 1 fully saturated rings. The highest BCUT2D eigenvalue weighted by Crippen LogP contribution is 2.25. The quantitative estimate of drug-likeness (QED) is 0.845. The summed E-state index contributed by atoms with van der Waals surface area (Å²) in [4.78, 5) is 11.3. The summed E-state index contributed by atoms with van der Waals surface area (Å²) in [7, 11) is 0. The Morgan fingerprint density at radius 3 is 2.94 bits per heavy atom. The summed E-state index contributed by atoms with van der Waals surface area (Å²) < 4.78 is 18.2. The Labute approximate surface area is 98.4 Å². The van der Waals surface area contributed by atoms with E-state index in [4.69, 9.17) is 4.74 Å². The van der Waals surface area contributed by atoms with Crippen LogP contribution in [0.1, 0.15) is 12.8 Å². The van der Waals surface area contributed by atoms with Gasteiger partial charge >= 0.3 is 5.97 Å². The Balaban J connectivity index is 2.20. The van der Waals surface area contributed by atoms with E-state index in [1.165, 1.54) is 18.2 Å². The predicted octanol–water partition coefficient (Wildman–Crippen LogP) is 1.87. The number of carboxylic acid groups (broad SMARTS) is 1. The number of ether oxygens (including phenoxy) is 1. The lowest BCUT2D eigenvalue weighted by atomic mass is 9.92. The van der Waals surface area contributed by atoms with Gasteiger partial charge in [-0.05, 0) is 31.0 Å². The zero-order valence-corrected chi connectivity index (χ0v) is 9.28. The van der Waals surface area contributed by atoms with E-state index in [-0.39, 0.29) is 6.61 Å². The molecule has 2 N–H and O–H groups in total. The first kappa shape index (κ1) is 11.9. The highest BCUT2D eigenvalue weighted by atomic mass is 19.1. The van der Waals surface area contributed by atoms with Gasteiger partial charge in [-0.2, -0.15) is 0 Å². The Hall–Kier alpha value is -1.62. The largest absolute Gasteiger partial charge is 0.479 e. The van der Waals surface area contributed by atoms with Crippen LogP contribution in [0.25, 0.3) is 0 Å². The first-order valence-electron chi connectivity index (χ1n) is 5.47. The molecule has 0 saturated carbocycles. The molecule has 1 aromatic rings. The highest BCUT2D eigenvalue weighted by Gasteiger charge is 2.40. The average Bonchev–Trinajstić information content (AvgIpc) is 2.30. The van der Waals surface area contributed by atoms with Gasteiger partial charge in [0.1, 0.15) is 5.82 Å². The van der Waals surface area contributed by atoms with Crippen molar-refractivity contribution in [1.29, 1.82) is 0 Å². The summed E-state index contributed by atoms with van der Waals surface area (Å²) in [5.74, 6) is -1.37. The Morgan fingerprint density at radius 2 is 2.35 bits per heavy atom. The van der Waals surface area contributed by atoms with E-state index in [1.807, 2.05) is 0 Å². The number of hydrogen-bond acceptors (Lipinski definition) is 3. The standard InChI is InChI=1S/C12H14FNO3/c13-9-3-1-4-10(7-9)14-12(11(15)16)5-2-6-17-8-12/h1,3-4,7,14H,2,5-6,8H2,(H,15,16). The summed E-state index contributed by atoms with van der Waals surface area (Å²) in [6.45, 7) is 0.665. The van der Waals surface area contributed by atoms with Gasteiger partial charge < -0.3 is 15.2 Å². The number of carbonyl (C=O) groups is 1. The zero-order chi connectivity index (χ0) is 12.3. The Morgan fingerprint density at radius 1 is 1.53 bits per heavy atom. The molecule has 1 saturated heterocycles. The van der Waals surface area contributed by atoms with Crippen LogP contribution in [0.15, 0.2) is 24.3 Å². The van der Waals surface area contributed by atoms with Gasteiger partial charge in [0.25, 0.3) is 0 Å². The molecule has 0 bridgehead atoms. The van der Waals surface area contributed by atoms with Gasteiger partial charge in [0.2, 0.25) is 0 Å². The van der Waals surface area contributed by atoms with Gasteiger partial charge in [-0.15, -0.1) is 0 Å². The van der Waals surface area contributed by atoms with Crippen molar-refractivity contribution in [1.82, 2.24) is 0 Å². The molecule has 5 heteroatoms. The monoisotopic (exact) mass is 239 g/mol. The van der Waals surface area contributed by atoms with Crippen LogP contribution in [0.4, 0.5) is 10.1 Å². The van der Waals surface area contributed by atoms with Gasteiger partial charge in [-0.25, -0.2) is 9.18 Å². The predicted molar refractivity (Wildman–Crippen MR) is 60.4 cm³/mol. The third-order valence-corrected chi connectivity index (χ3v) is 2.86. The summed E-state index contributed by atoms with van der Waals surface area (Å²) >= 11 is 0. The lowest BCUT2D eigenvalue weighted by Gasteiger charge is -2.34. The van der Waals surface area contributed by atoms with E-state index in [1.54, 1.807) is 6.07 Å². The molecule has 1 aliphatic heterocycles. The number of carboxylic acids is 1. The van der Waals surface area contributed by atoms with Crippen LogP contribution in [-0.4, -0.2) is 29.8 Å². The van der Waals surface area contributed by atoms with Crippen molar-refractivity contribution in [3.05, 3.63) is 30.1 Å². The molecule has 0 radical (unpaired) electrons. The molecule has 1 atom stereocenters. The lowest BCUT2D eigenvalue weighted by Crippen LogP contribution is -2.52. The minimum atomic E-state index is -1.15. The minimum Gasteiger partial charge on any atom is -0.479 e. The molecule has 2 rings (SSSR count). The van der Waals surface area contributed by atoms with Gasteiger partial charge in [0.05, 0.1) is 6.61 Å². The third-order valence-electron chi connectivity index (χ3n) is 2.86. The maximum absolute atomic E-state index is 13.0. The molecule has 0 aliphatic carbocycles. The molecule has 0 spiro atoms.